The molecule has 0 radical (unpaired) electrons. The van der Waals surface area contributed by atoms with E-state index < -0.39 is 24.6 Å². The molecule has 0 spiro atoms. The molecule has 0 aromatic heterocycles. The Morgan fingerprint density at radius 1 is 1.40 bits per heavy atom. The van der Waals surface area contributed by atoms with Crippen molar-refractivity contribution in [2.24, 2.45) is 0 Å². The number of aliphatic hydroxyl groups is 2. The van der Waals surface area contributed by atoms with Crippen LogP contribution in [0.5, 0.6) is 0 Å². The van der Waals surface area contributed by atoms with Crippen molar-refractivity contribution in [2.75, 3.05) is 13.2 Å². The highest BCUT2D eigenvalue weighted by molar-refractivity contribution is 5.71. The summed E-state index contributed by atoms with van der Waals surface area (Å²) in [6, 6.07) is 0. The molecule has 0 saturated heterocycles. The lowest BCUT2D eigenvalue weighted by atomic mass is 10.4. The average molecular weight is 222 g/mol. The summed E-state index contributed by atoms with van der Waals surface area (Å²) in [5.74, 6) is -1.72. The third-order valence-electron chi connectivity index (χ3n) is 1.25. The van der Waals surface area contributed by atoms with Gasteiger partial charge in [0, 0.05) is 0 Å². The minimum Gasteiger partial charge on any atom is -0.479 e. The maximum atomic E-state index is 10.2. The molecule has 6 heteroatoms. The average Bonchev–Trinajstić information content (AvgIpc) is 2.18. The van der Waals surface area contributed by atoms with E-state index in [4.69, 9.17) is 15.3 Å². The van der Waals surface area contributed by atoms with Crippen LogP contribution in [0.15, 0.2) is 0 Å². The maximum absolute atomic E-state index is 10.2. The normalized spacial score (nSPS) is 10.9. The Labute approximate surface area is 88.5 Å². The van der Waals surface area contributed by atoms with Crippen LogP contribution in [0.3, 0.4) is 0 Å². The van der Waals surface area contributed by atoms with E-state index in [1.807, 2.05) is 6.92 Å². The van der Waals surface area contributed by atoms with Crippen molar-refractivity contribution < 1.29 is 29.6 Å². The third-order valence-corrected chi connectivity index (χ3v) is 1.25. The molecule has 0 rings (SSSR count). The second kappa shape index (κ2) is 10.9. The van der Waals surface area contributed by atoms with Gasteiger partial charge in [0.1, 0.15) is 12.7 Å². The molecule has 0 aromatic carbocycles. The van der Waals surface area contributed by atoms with Gasteiger partial charge in [-0.15, -0.1) is 0 Å². The van der Waals surface area contributed by atoms with E-state index in [-0.39, 0.29) is 0 Å². The Morgan fingerprint density at radius 2 is 1.87 bits per heavy atom. The number of aliphatic hydroxyl groups excluding tert-OH is 2. The topological polar surface area (TPSA) is 104 Å². The van der Waals surface area contributed by atoms with Crippen molar-refractivity contribution in [3.8, 4) is 0 Å². The van der Waals surface area contributed by atoms with Crippen LogP contribution >= 0.6 is 0 Å². The number of rotatable bonds is 5. The Hall–Kier alpha value is -1.14. The van der Waals surface area contributed by atoms with E-state index in [9.17, 15) is 9.59 Å². The van der Waals surface area contributed by atoms with E-state index in [2.05, 4.69) is 4.74 Å². The Kier molecular flexibility index (Phi) is 11.9. The number of carboxylic acid groups (broad SMARTS) is 1. The van der Waals surface area contributed by atoms with Gasteiger partial charge in [-0.2, -0.15) is 0 Å². The second-order valence-electron chi connectivity index (χ2n) is 2.75. The molecule has 15 heavy (non-hydrogen) atoms. The van der Waals surface area contributed by atoms with Crippen molar-refractivity contribution in [1.29, 1.82) is 0 Å². The van der Waals surface area contributed by atoms with Crippen molar-refractivity contribution >= 4 is 11.9 Å². The molecule has 0 aliphatic rings. The summed E-state index contributed by atoms with van der Waals surface area (Å²) in [6.45, 7) is 3.12. The monoisotopic (exact) mass is 222 g/mol. The molecule has 0 amide bonds. The molecule has 0 saturated carbocycles. The molecule has 0 bridgehead atoms. The highest BCUT2D eigenvalue weighted by Gasteiger charge is 2.01. The summed E-state index contributed by atoms with van der Waals surface area (Å²) >= 11 is 0. The van der Waals surface area contributed by atoms with E-state index >= 15 is 0 Å². The molecular formula is C9H18O6. The van der Waals surface area contributed by atoms with Gasteiger partial charge >= 0.3 is 11.9 Å². The lowest BCUT2D eigenvalue weighted by molar-refractivity contribution is -0.147. The minimum absolute atomic E-state index is 0.426. The standard InChI is InChI=1S/C6H12O3.C3H6O3/c1-2-3-4-9-6(8)5-7;1-2(4)3(5)6/h7H,2-5H2,1H3;2,4H,1H3,(H,5,6). The summed E-state index contributed by atoms with van der Waals surface area (Å²) in [4.78, 5) is 19.7. The van der Waals surface area contributed by atoms with E-state index in [0.717, 1.165) is 12.8 Å². The molecule has 90 valence electrons. The van der Waals surface area contributed by atoms with Gasteiger partial charge < -0.3 is 20.1 Å². The number of hydrogen-bond donors (Lipinski definition) is 3. The van der Waals surface area contributed by atoms with Crippen LogP contribution in [-0.2, 0) is 14.3 Å². The number of carboxylic acids is 1. The first-order valence-electron chi connectivity index (χ1n) is 4.63. The fourth-order valence-corrected chi connectivity index (χ4v) is 0.376. The second-order valence-corrected chi connectivity index (χ2v) is 2.75. The Balaban J connectivity index is 0. The zero-order chi connectivity index (χ0) is 12.3. The van der Waals surface area contributed by atoms with Crippen LogP contribution in [0.1, 0.15) is 26.7 Å². The van der Waals surface area contributed by atoms with Crippen LogP contribution in [0.2, 0.25) is 0 Å². The van der Waals surface area contributed by atoms with Crippen molar-refractivity contribution in [1.82, 2.24) is 0 Å². The molecule has 0 aliphatic carbocycles. The minimum atomic E-state index is -1.23. The molecule has 0 fully saturated rings. The van der Waals surface area contributed by atoms with Crippen molar-refractivity contribution in [2.45, 2.75) is 32.8 Å². The quantitative estimate of drug-likeness (QED) is 0.438. The number of ether oxygens (including phenoxy) is 1. The summed E-state index contributed by atoms with van der Waals surface area (Å²) in [7, 11) is 0. The first-order chi connectivity index (χ1) is 6.95. The van der Waals surface area contributed by atoms with Crippen LogP contribution in [0, 0.1) is 0 Å². The van der Waals surface area contributed by atoms with Gasteiger partial charge in [-0.1, -0.05) is 13.3 Å². The molecule has 6 nitrogen and oxygen atoms in total. The fourth-order valence-electron chi connectivity index (χ4n) is 0.376. The molecule has 1 atom stereocenters. The first kappa shape index (κ1) is 16.3. The predicted octanol–water partition coefficient (Wildman–Crippen LogP) is -0.226. The zero-order valence-electron chi connectivity index (χ0n) is 8.97. The first-order valence-corrected chi connectivity index (χ1v) is 4.63. The maximum Gasteiger partial charge on any atom is 0.332 e. The number of esters is 1. The van der Waals surface area contributed by atoms with Crippen LogP contribution in [0.25, 0.3) is 0 Å². The predicted molar refractivity (Wildman–Crippen MR) is 52.3 cm³/mol. The molecule has 3 N–H and O–H groups in total. The summed E-state index contributed by atoms with van der Waals surface area (Å²) < 4.78 is 4.54. The Bertz CT molecular complexity index is 177. The van der Waals surface area contributed by atoms with Crippen LogP contribution in [0.4, 0.5) is 0 Å². The number of aliphatic carboxylic acids is 1. The van der Waals surface area contributed by atoms with Gasteiger partial charge in [-0.25, -0.2) is 9.59 Å². The summed E-state index contributed by atoms with van der Waals surface area (Å²) in [5.41, 5.74) is 0. The number of carbonyl (C=O) groups excluding carboxylic acids is 1. The third kappa shape index (κ3) is 15.6. The molecule has 0 aliphatic heterocycles. The van der Waals surface area contributed by atoms with Gasteiger partial charge in [0.2, 0.25) is 0 Å². The van der Waals surface area contributed by atoms with Gasteiger partial charge in [-0.05, 0) is 13.3 Å². The van der Waals surface area contributed by atoms with Gasteiger partial charge in [-0.3, -0.25) is 0 Å². The van der Waals surface area contributed by atoms with Crippen molar-refractivity contribution in [3.05, 3.63) is 0 Å². The molecule has 0 aromatic rings. The lowest BCUT2D eigenvalue weighted by Gasteiger charge is -1.98. The highest BCUT2D eigenvalue weighted by Crippen LogP contribution is 1.87. The van der Waals surface area contributed by atoms with E-state index in [0.29, 0.717) is 6.61 Å². The number of hydrogen-bond acceptors (Lipinski definition) is 5. The molecule has 1 unspecified atom stereocenters. The van der Waals surface area contributed by atoms with E-state index in [1.165, 1.54) is 6.92 Å². The SMILES string of the molecule is CC(O)C(=O)O.CCCCOC(=O)CO. The lowest BCUT2D eigenvalue weighted by Crippen LogP contribution is -2.13. The smallest absolute Gasteiger partial charge is 0.332 e. The van der Waals surface area contributed by atoms with Gasteiger partial charge in [0.15, 0.2) is 0 Å². The van der Waals surface area contributed by atoms with Crippen molar-refractivity contribution in [3.63, 3.8) is 0 Å². The summed E-state index contributed by atoms with van der Waals surface area (Å²) in [5, 5.41) is 23.9. The van der Waals surface area contributed by atoms with Crippen LogP contribution < -0.4 is 0 Å². The Morgan fingerprint density at radius 3 is 2.13 bits per heavy atom. The highest BCUT2D eigenvalue weighted by atomic mass is 16.5. The number of carbonyl (C=O) groups is 2. The zero-order valence-corrected chi connectivity index (χ0v) is 8.97. The van der Waals surface area contributed by atoms with Crippen LogP contribution in [-0.4, -0.2) is 46.6 Å². The molecular weight excluding hydrogens is 204 g/mol. The summed E-state index contributed by atoms with van der Waals surface area (Å²) in [6.07, 6.45) is 0.634. The number of unbranched alkanes of at least 4 members (excludes halogenated alkanes) is 1. The fraction of sp³-hybridized carbons (Fsp3) is 0.778. The van der Waals surface area contributed by atoms with Gasteiger partial charge in [0.25, 0.3) is 0 Å². The largest absolute Gasteiger partial charge is 0.479 e. The molecule has 0 heterocycles. The van der Waals surface area contributed by atoms with Gasteiger partial charge in [0.05, 0.1) is 6.61 Å². The van der Waals surface area contributed by atoms with E-state index in [1.54, 1.807) is 0 Å².